The summed E-state index contributed by atoms with van der Waals surface area (Å²) in [5, 5.41) is 0. The zero-order valence-electron chi connectivity index (χ0n) is 14.2. The maximum absolute atomic E-state index is 12.6. The Morgan fingerprint density at radius 1 is 1.04 bits per heavy atom. The third-order valence-electron chi connectivity index (χ3n) is 3.55. The van der Waals surface area contributed by atoms with Crippen molar-refractivity contribution in [2.24, 2.45) is 0 Å². The predicted octanol–water partition coefficient (Wildman–Crippen LogP) is 4.38. The summed E-state index contributed by atoms with van der Waals surface area (Å²) in [6.45, 7) is 0.851. The zero-order valence-corrected chi connectivity index (χ0v) is 17.4. The first kappa shape index (κ1) is 19.6. The van der Waals surface area contributed by atoms with Gasteiger partial charge in [0.1, 0.15) is 28.3 Å². The molecule has 2 rings (SSSR count). The summed E-state index contributed by atoms with van der Waals surface area (Å²) in [5.41, 5.74) is 0.489. The number of carbonyl (C=O) groups is 1. The van der Waals surface area contributed by atoms with Gasteiger partial charge < -0.3 is 19.1 Å². The van der Waals surface area contributed by atoms with Crippen LogP contribution in [0.2, 0.25) is 0 Å². The molecule has 0 aromatic heterocycles. The molecule has 0 saturated carbocycles. The average molecular weight is 473 g/mol. The van der Waals surface area contributed by atoms with E-state index in [1.54, 1.807) is 38.3 Å². The van der Waals surface area contributed by atoms with Gasteiger partial charge in [0.05, 0.1) is 20.8 Å². The maximum Gasteiger partial charge on any atom is 0.253 e. The summed E-state index contributed by atoms with van der Waals surface area (Å²) >= 11 is 6.77. The molecular formula is C18H19Br2NO4. The molecule has 25 heavy (non-hydrogen) atoms. The summed E-state index contributed by atoms with van der Waals surface area (Å²) in [5.74, 6) is 1.71. The van der Waals surface area contributed by atoms with Gasteiger partial charge in [-0.15, -0.1) is 0 Å². The fraction of sp³-hybridized carbons (Fsp3) is 0.278. The highest BCUT2D eigenvalue weighted by molar-refractivity contribution is 9.11. The maximum atomic E-state index is 12.6. The Morgan fingerprint density at radius 3 is 2.12 bits per heavy atom. The zero-order chi connectivity index (χ0) is 18.4. The molecule has 0 N–H and O–H groups in total. The van der Waals surface area contributed by atoms with Crippen LogP contribution in [0.1, 0.15) is 10.4 Å². The third kappa shape index (κ3) is 5.12. The number of hydrogen-bond acceptors (Lipinski definition) is 4. The molecule has 1 amide bonds. The minimum absolute atomic E-state index is 0.136. The summed E-state index contributed by atoms with van der Waals surface area (Å²) in [4.78, 5) is 14.2. The predicted molar refractivity (Wildman–Crippen MR) is 104 cm³/mol. The Labute approximate surface area is 164 Å². The van der Waals surface area contributed by atoms with E-state index >= 15 is 0 Å². The Morgan fingerprint density at radius 2 is 1.60 bits per heavy atom. The molecule has 2 aromatic carbocycles. The van der Waals surface area contributed by atoms with Crippen molar-refractivity contribution in [2.45, 2.75) is 0 Å². The molecule has 0 spiro atoms. The molecule has 5 nitrogen and oxygen atoms in total. The molecule has 7 heteroatoms. The van der Waals surface area contributed by atoms with Crippen LogP contribution in [-0.2, 0) is 0 Å². The highest BCUT2D eigenvalue weighted by atomic mass is 79.9. The molecule has 0 atom stereocenters. The second-order valence-corrected chi connectivity index (χ2v) is 6.93. The Balaban J connectivity index is 2.00. The van der Waals surface area contributed by atoms with Gasteiger partial charge in [-0.05, 0) is 52.3 Å². The molecule has 0 radical (unpaired) electrons. The Hall–Kier alpha value is -1.73. The van der Waals surface area contributed by atoms with Crippen molar-refractivity contribution in [1.29, 1.82) is 0 Å². The first-order valence-electron chi connectivity index (χ1n) is 7.51. The van der Waals surface area contributed by atoms with Crippen LogP contribution in [0.25, 0.3) is 0 Å². The minimum atomic E-state index is -0.136. The molecule has 134 valence electrons. The van der Waals surface area contributed by atoms with Crippen LogP contribution in [0.15, 0.2) is 45.3 Å². The van der Waals surface area contributed by atoms with Crippen molar-refractivity contribution in [3.05, 3.63) is 50.9 Å². The number of carbonyl (C=O) groups excluding carboxylic acids is 1. The standard InChI is InChI=1S/C18H19Br2NO4/c1-21(8-9-25-14-6-4-13(19)5-7-14)18(22)12-10-15(23-2)17(20)16(11-12)24-3/h4-7,10-11H,8-9H2,1-3H3. The van der Waals surface area contributed by atoms with E-state index < -0.39 is 0 Å². The lowest BCUT2D eigenvalue weighted by Crippen LogP contribution is -2.30. The number of ether oxygens (including phenoxy) is 3. The molecule has 0 heterocycles. The molecule has 0 aliphatic carbocycles. The van der Waals surface area contributed by atoms with E-state index in [2.05, 4.69) is 31.9 Å². The molecule has 0 saturated heterocycles. The first-order valence-corrected chi connectivity index (χ1v) is 9.10. The van der Waals surface area contributed by atoms with Crippen LogP contribution in [0, 0.1) is 0 Å². The van der Waals surface area contributed by atoms with Gasteiger partial charge in [0, 0.05) is 17.1 Å². The lowest BCUT2D eigenvalue weighted by atomic mass is 10.1. The number of likely N-dealkylation sites (N-methyl/N-ethyl adjacent to an activating group) is 1. The van der Waals surface area contributed by atoms with E-state index in [0.717, 1.165) is 10.2 Å². The molecule has 0 bridgehead atoms. The lowest BCUT2D eigenvalue weighted by Gasteiger charge is -2.19. The second kappa shape index (κ2) is 9.10. The molecule has 0 unspecified atom stereocenters. The van der Waals surface area contributed by atoms with E-state index in [1.807, 2.05) is 24.3 Å². The summed E-state index contributed by atoms with van der Waals surface area (Å²) in [6, 6.07) is 10.9. The van der Waals surface area contributed by atoms with Gasteiger partial charge in [0.15, 0.2) is 0 Å². The topological polar surface area (TPSA) is 48.0 Å². The van der Waals surface area contributed by atoms with Crippen molar-refractivity contribution in [2.75, 3.05) is 34.4 Å². The van der Waals surface area contributed by atoms with Crippen LogP contribution in [0.3, 0.4) is 0 Å². The number of benzene rings is 2. The number of hydrogen-bond donors (Lipinski definition) is 0. The van der Waals surface area contributed by atoms with Gasteiger partial charge in [-0.3, -0.25) is 4.79 Å². The van der Waals surface area contributed by atoms with Crippen LogP contribution in [-0.4, -0.2) is 45.2 Å². The van der Waals surface area contributed by atoms with E-state index in [0.29, 0.717) is 34.7 Å². The van der Waals surface area contributed by atoms with Crippen LogP contribution < -0.4 is 14.2 Å². The molecule has 0 aliphatic rings. The Kier molecular flexibility index (Phi) is 7.13. The molecule has 0 aliphatic heterocycles. The normalized spacial score (nSPS) is 10.3. The SMILES string of the molecule is COc1cc(C(=O)N(C)CCOc2ccc(Br)cc2)cc(OC)c1Br. The van der Waals surface area contributed by atoms with Crippen molar-refractivity contribution in [1.82, 2.24) is 4.90 Å². The molecule has 2 aromatic rings. The van der Waals surface area contributed by atoms with Gasteiger partial charge in [0.25, 0.3) is 5.91 Å². The van der Waals surface area contributed by atoms with E-state index in [9.17, 15) is 4.79 Å². The summed E-state index contributed by atoms with van der Waals surface area (Å²) < 4.78 is 17.9. The van der Waals surface area contributed by atoms with Crippen molar-refractivity contribution >= 4 is 37.8 Å². The van der Waals surface area contributed by atoms with E-state index in [1.165, 1.54) is 0 Å². The van der Waals surface area contributed by atoms with Gasteiger partial charge in [-0.1, -0.05) is 15.9 Å². The smallest absolute Gasteiger partial charge is 0.253 e. The van der Waals surface area contributed by atoms with Crippen molar-refractivity contribution in [3.8, 4) is 17.2 Å². The average Bonchev–Trinajstić information content (AvgIpc) is 2.62. The van der Waals surface area contributed by atoms with Crippen LogP contribution in [0.4, 0.5) is 0 Å². The Bertz CT molecular complexity index is 709. The van der Waals surface area contributed by atoms with Crippen molar-refractivity contribution in [3.63, 3.8) is 0 Å². The van der Waals surface area contributed by atoms with Gasteiger partial charge in [-0.25, -0.2) is 0 Å². The summed E-state index contributed by atoms with van der Waals surface area (Å²) in [6.07, 6.45) is 0. The molecule has 0 fully saturated rings. The number of rotatable bonds is 7. The third-order valence-corrected chi connectivity index (χ3v) is 4.86. The minimum Gasteiger partial charge on any atom is -0.495 e. The first-order chi connectivity index (χ1) is 12.0. The fourth-order valence-corrected chi connectivity index (χ4v) is 2.96. The largest absolute Gasteiger partial charge is 0.495 e. The van der Waals surface area contributed by atoms with Gasteiger partial charge in [0.2, 0.25) is 0 Å². The number of halogens is 2. The lowest BCUT2D eigenvalue weighted by molar-refractivity contribution is 0.0773. The van der Waals surface area contributed by atoms with Crippen LogP contribution in [0.5, 0.6) is 17.2 Å². The number of amides is 1. The highest BCUT2D eigenvalue weighted by Crippen LogP contribution is 2.35. The highest BCUT2D eigenvalue weighted by Gasteiger charge is 2.17. The summed E-state index contributed by atoms with van der Waals surface area (Å²) in [7, 11) is 4.82. The van der Waals surface area contributed by atoms with E-state index in [-0.39, 0.29) is 5.91 Å². The second-order valence-electron chi connectivity index (χ2n) is 5.22. The number of nitrogens with zero attached hydrogens (tertiary/aromatic N) is 1. The van der Waals surface area contributed by atoms with Gasteiger partial charge >= 0.3 is 0 Å². The monoisotopic (exact) mass is 471 g/mol. The van der Waals surface area contributed by atoms with E-state index in [4.69, 9.17) is 14.2 Å². The number of methoxy groups -OCH3 is 2. The van der Waals surface area contributed by atoms with Crippen LogP contribution >= 0.6 is 31.9 Å². The van der Waals surface area contributed by atoms with Crippen molar-refractivity contribution < 1.29 is 19.0 Å². The fourth-order valence-electron chi connectivity index (χ4n) is 2.15. The quantitative estimate of drug-likeness (QED) is 0.599. The molecular weight excluding hydrogens is 454 g/mol. The van der Waals surface area contributed by atoms with Gasteiger partial charge in [-0.2, -0.15) is 0 Å².